The zero-order valence-electron chi connectivity index (χ0n) is 12.3. The molecule has 1 atom stereocenters. The van der Waals surface area contributed by atoms with E-state index in [0.717, 1.165) is 39.0 Å². The van der Waals surface area contributed by atoms with Gasteiger partial charge in [-0.1, -0.05) is 13.8 Å². The number of carbonyl (C=O) groups excluding carboxylic acids is 1. The van der Waals surface area contributed by atoms with Gasteiger partial charge in [0.25, 0.3) is 0 Å². The second-order valence-electron chi connectivity index (χ2n) is 6.43. The smallest absolute Gasteiger partial charge is 0.227 e. The van der Waals surface area contributed by atoms with Crippen molar-refractivity contribution < 1.29 is 9.53 Å². The minimum Gasteiger partial charge on any atom is -0.385 e. The molecule has 0 aromatic rings. The van der Waals surface area contributed by atoms with Crippen molar-refractivity contribution in [2.75, 3.05) is 33.4 Å². The summed E-state index contributed by atoms with van der Waals surface area (Å²) < 4.78 is 5.10. The Labute approximate surface area is 111 Å². The van der Waals surface area contributed by atoms with Crippen LogP contribution in [-0.4, -0.2) is 39.3 Å². The van der Waals surface area contributed by atoms with E-state index in [9.17, 15) is 4.79 Å². The third-order valence-electron chi connectivity index (χ3n) is 3.86. The Balaban J connectivity index is 2.40. The summed E-state index contributed by atoms with van der Waals surface area (Å²) in [5.74, 6) is 0.181. The first-order valence-corrected chi connectivity index (χ1v) is 6.88. The molecule has 0 aliphatic carbocycles. The van der Waals surface area contributed by atoms with Gasteiger partial charge in [0.2, 0.25) is 5.91 Å². The van der Waals surface area contributed by atoms with E-state index in [0.29, 0.717) is 6.54 Å². The number of ether oxygens (including phenoxy) is 1. The number of rotatable bonds is 6. The van der Waals surface area contributed by atoms with Crippen LogP contribution >= 0.6 is 0 Å². The fraction of sp³-hybridized carbons (Fsp3) is 0.929. The molecule has 1 rings (SSSR count). The van der Waals surface area contributed by atoms with Crippen molar-refractivity contribution in [1.82, 2.24) is 10.6 Å². The first-order chi connectivity index (χ1) is 8.40. The Morgan fingerprint density at radius 3 is 2.78 bits per heavy atom. The molecule has 4 heteroatoms. The van der Waals surface area contributed by atoms with E-state index in [4.69, 9.17) is 4.74 Å². The fourth-order valence-electron chi connectivity index (χ4n) is 2.25. The predicted octanol–water partition coefficient (Wildman–Crippen LogP) is 1.56. The van der Waals surface area contributed by atoms with E-state index in [1.54, 1.807) is 7.11 Å². The van der Waals surface area contributed by atoms with Crippen LogP contribution in [-0.2, 0) is 9.53 Å². The highest BCUT2D eigenvalue weighted by atomic mass is 16.5. The number of carbonyl (C=O) groups is 1. The number of methoxy groups -OCH3 is 1. The van der Waals surface area contributed by atoms with Crippen LogP contribution in [0.2, 0.25) is 0 Å². The molecule has 1 fully saturated rings. The quantitative estimate of drug-likeness (QED) is 0.758. The summed E-state index contributed by atoms with van der Waals surface area (Å²) in [7, 11) is 1.71. The number of nitrogens with one attached hydrogen (secondary N) is 2. The minimum atomic E-state index is -0.240. The lowest BCUT2D eigenvalue weighted by atomic mass is 9.81. The summed E-state index contributed by atoms with van der Waals surface area (Å²) in [4.78, 5) is 12.3. The molecule has 106 valence electrons. The Morgan fingerprint density at radius 2 is 2.22 bits per heavy atom. The summed E-state index contributed by atoms with van der Waals surface area (Å²) in [6.45, 7) is 9.64. The SMILES string of the molecule is COCCC(C)(C)CNC(=O)C1(C)CCCNC1. The summed E-state index contributed by atoms with van der Waals surface area (Å²) in [6.07, 6.45) is 3.01. The van der Waals surface area contributed by atoms with Gasteiger partial charge in [0, 0.05) is 26.8 Å². The molecule has 1 aliphatic heterocycles. The monoisotopic (exact) mass is 256 g/mol. The zero-order valence-corrected chi connectivity index (χ0v) is 12.3. The van der Waals surface area contributed by atoms with Gasteiger partial charge in [0.1, 0.15) is 0 Å². The normalized spacial score (nSPS) is 24.9. The number of piperidine rings is 1. The number of hydrogen-bond donors (Lipinski definition) is 2. The van der Waals surface area contributed by atoms with Crippen molar-refractivity contribution in [3.8, 4) is 0 Å². The maximum absolute atomic E-state index is 12.3. The maximum Gasteiger partial charge on any atom is 0.227 e. The van der Waals surface area contributed by atoms with Gasteiger partial charge < -0.3 is 15.4 Å². The van der Waals surface area contributed by atoms with Crippen LogP contribution in [0.15, 0.2) is 0 Å². The molecule has 0 bridgehead atoms. The molecule has 1 amide bonds. The lowest BCUT2D eigenvalue weighted by molar-refractivity contribution is -0.131. The zero-order chi connectivity index (χ0) is 13.6. The molecule has 18 heavy (non-hydrogen) atoms. The average Bonchev–Trinajstić information content (AvgIpc) is 2.34. The molecular formula is C14H28N2O2. The second kappa shape index (κ2) is 6.53. The van der Waals surface area contributed by atoms with E-state index in [1.165, 1.54) is 0 Å². The van der Waals surface area contributed by atoms with Gasteiger partial charge in [-0.3, -0.25) is 4.79 Å². The highest BCUT2D eigenvalue weighted by Crippen LogP contribution is 2.26. The third kappa shape index (κ3) is 4.58. The minimum absolute atomic E-state index is 0.0874. The maximum atomic E-state index is 12.3. The van der Waals surface area contributed by atoms with Crippen molar-refractivity contribution >= 4 is 5.91 Å². The first-order valence-electron chi connectivity index (χ1n) is 6.88. The second-order valence-corrected chi connectivity index (χ2v) is 6.43. The van der Waals surface area contributed by atoms with Crippen LogP contribution in [0.4, 0.5) is 0 Å². The van der Waals surface area contributed by atoms with Crippen molar-refractivity contribution in [1.29, 1.82) is 0 Å². The average molecular weight is 256 g/mol. The van der Waals surface area contributed by atoms with Gasteiger partial charge >= 0.3 is 0 Å². The van der Waals surface area contributed by atoms with Crippen LogP contribution in [0.1, 0.15) is 40.0 Å². The molecule has 0 aromatic carbocycles. The Hall–Kier alpha value is -0.610. The molecule has 2 N–H and O–H groups in total. The van der Waals surface area contributed by atoms with Gasteiger partial charge in [0.05, 0.1) is 5.41 Å². The molecule has 0 radical (unpaired) electrons. The standard InChI is InChI=1S/C14H28N2O2/c1-13(2,7-9-18-4)10-16-12(17)14(3)6-5-8-15-11-14/h15H,5-11H2,1-4H3,(H,16,17). The third-order valence-corrected chi connectivity index (χ3v) is 3.86. The lowest BCUT2D eigenvalue weighted by Gasteiger charge is -2.34. The summed E-state index contributed by atoms with van der Waals surface area (Å²) in [5.41, 5.74) is -0.153. The Morgan fingerprint density at radius 1 is 1.50 bits per heavy atom. The van der Waals surface area contributed by atoms with Crippen LogP contribution in [0, 0.1) is 10.8 Å². The van der Waals surface area contributed by atoms with Gasteiger partial charge in [0.15, 0.2) is 0 Å². The highest BCUT2D eigenvalue weighted by molar-refractivity contribution is 5.82. The van der Waals surface area contributed by atoms with E-state index in [2.05, 4.69) is 31.4 Å². The topological polar surface area (TPSA) is 50.4 Å². The summed E-state index contributed by atoms with van der Waals surface area (Å²) >= 11 is 0. The van der Waals surface area contributed by atoms with Crippen LogP contribution in [0.25, 0.3) is 0 Å². The van der Waals surface area contributed by atoms with Gasteiger partial charge in [-0.2, -0.15) is 0 Å². The summed E-state index contributed by atoms with van der Waals surface area (Å²) in [6, 6.07) is 0. The van der Waals surface area contributed by atoms with E-state index in [-0.39, 0.29) is 16.7 Å². The Bertz CT molecular complexity index is 271. The van der Waals surface area contributed by atoms with Gasteiger partial charge in [-0.15, -0.1) is 0 Å². The molecule has 1 unspecified atom stereocenters. The van der Waals surface area contributed by atoms with Crippen molar-refractivity contribution in [3.63, 3.8) is 0 Å². The first kappa shape index (κ1) is 15.4. The van der Waals surface area contributed by atoms with E-state index in [1.807, 2.05) is 0 Å². The van der Waals surface area contributed by atoms with Crippen LogP contribution < -0.4 is 10.6 Å². The molecule has 1 aliphatic rings. The predicted molar refractivity (Wildman–Crippen MR) is 73.5 cm³/mol. The molecular weight excluding hydrogens is 228 g/mol. The molecule has 0 spiro atoms. The van der Waals surface area contributed by atoms with Crippen molar-refractivity contribution in [2.45, 2.75) is 40.0 Å². The van der Waals surface area contributed by atoms with Crippen LogP contribution in [0.5, 0.6) is 0 Å². The fourth-order valence-corrected chi connectivity index (χ4v) is 2.25. The largest absolute Gasteiger partial charge is 0.385 e. The molecule has 1 heterocycles. The van der Waals surface area contributed by atoms with Gasteiger partial charge in [-0.05, 0) is 38.1 Å². The molecule has 1 saturated heterocycles. The van der Waals surface area contributed by atoms with Crippen LogP contribution in [0.3, 0.4) is 0 Å². The van der Waals surface area contributed by atoms with Gasteiger partial charge in [-0.25, -0.2) is 0 Å². The van der Waals surface area contributed by atoms with E-state index >= 15 is 0 Å². The molecule has 0 saturated carbocycles. The number of hydrogen-bond acceptors (Lipinski definition) is 3. The van der Waals surface area contributed by atoms with Crippen molar-refractivity contribution in [3.05, 3.63) is 0 Å². The Kier molecular flexibility index (Phi) is 5.60. The summed E-state index contributed by atoms with van der Waals surface area (Å²) in [5, 5.41) is 6.41. The lowest BCUT2D eigenvalue weighted by Crippen LogP contribution is -2.50. The highest BCUT2D eigenvalue weighted by Gasteiger charge is 2.35. The molecule has 4 nitrogen and oxygen atoms in total. The molecule has 0 aromatic heterocycles. The number of amides is 1. The van der Waals surface area contributed by atoms with E-state index < -0.39 is 0 Å². The van der Waals surface area contributed by atoms with Crippen molar-refractivity contribution in [2.24, 2.45) is 10.8 Å².